The fourth-order valence-corrected chi connectivity index (χ4v) is 2.24. The van der Waals surface area contributed by atoms with Crippen LogP contribution >= 0.6 is 15.9 Å². The number of rotatable bonds is 5. The third-order valence-electron chi connectivity index (χ3n) is 3.12. The van der Waals surface area contributed by atoms with Crippen LogP contribution in [0.3, 0.4) is 0 Å². The van der Waals surface area contributed by atoms with E-state index in [0.717, 1.165) is 23.7 Å². The second-order valence-electron chi connectivity index (χ2n) is 4.51. The molecule has 0 saturated heterocycles. The summed E-state index contributed by atoms with van der Waals surface area (Å²) in [6.07, 6.45) is 2.08. The van der Waals surface area contributed by atoms with Gasteiger partial charge >= 0.3 is 5.97 Å². The van der Waals surface area contributed by atoms with E-state index in [2.05, 4.69) is 15.9 Å². The molecule has 1 atom stereocenters. The average molecular weight is 329 g/mol. The summed E-state index contributed by atoms with van der Waals surface area (Å²) >= 11 is 3.33. The largest absolute Gasteiger partial charge is 0.490 e. The third-order valence-corrected chi connectivity index (χ3v) is 3.62. The predicted octanol–water partition coefficient (Wildman–Crippen LogP) is 2.98. The molecule has 1 aliphatic rings. The van der Waals surface area contributed by atoms with Gasteiger partial charge in [0.25, 0.3) is 0 Å². The number of carbonyl (C=O) groups is 1. The minimum atomic E-state index is -1.31. The molecule has 0 aromatic heterocycles. The molecule has 2 rings (SSSR count). The Bertz CT molecular complexity index is 457. The number of benzene rings is 1. The lowest BCUT2D eigenvalue weighted by atomic mass is 9.96. The summed E-state index contributed by atoms with van der Waals surface area (Å²) in [7, 11) is 0. The minimum Gasteiger partial charge on any atom is -0.490 e. The van der Waals surface area contributed by atoms with Crippen LogP contribution in [0, 0.1) is 0 Å². The maximum Gasteiger partial charge on any atom is 0.339 e. The number of carbonyl (C=O) groups excluding carboxylic acids is 1. The maximum atomic E-state index is 11.6. The van der Waals surface area contributed by atoms with E-state index >= 15 is 0 Å². The summed E-state index contributed by atoms with van der Waals surface area (Å²) < 4.78 is 11.4. The van der Waals surface area contributed by atoms with Crippen LogP contribution in [0.25, 0.3) is 0 Å². The van der Waals surface area contributed by atoms with E-state index in [4.69, 9.17) is 9.47 Å². The van der Waals surface area contributed by atoms with Gasteiger partial charge in [-0.25, -0.2) is 4.79 Å². The van der Waals surface area contributed by atoms with Crippen LogP contribution in [0.5, 0.6) is 5.75 Å². The molecular formula is C14H17BrO4. The minimum absolute atomic E-state index is 0.189. The Morgan fingerprint density at radius 3 is 2.84 bits per heavy atom. The van der Waals surface area contributed by atoms with Gasteiger partial charge in [0.15, 0.2) is 6.10 Å². The first-order valence-electron chi connectivity index (χ1n) is 6.42. The molecule has 0 bridgehead atoms. The zero-order valence-electron chi connectivity index (χ0n) is 10.8. The standard InChI is InChI=1S/C14H17BrO4/c1-2-18-14(17)13(16)11-8-9(15)6-7-12(11)19-10-4-3-5-10/h6-8,10,13,16H,2-5H2,1H3. The molecule has 1 N–H and O–H groups in total. The lowest BCUT2D eigenvalue weighted by Gasteiger charge is -2.28. The summed E-state index contributed by atoms with van der Waals surface area (Å²) in [5.74, 6) is -0.104. The molecule has 19 heavy (non-hydrogen) atoms. The van der Waals surface area contributed by atoms with Gasteiger partial charge in [-0.2, -0.15) is 0 Å². The third kappa shape index (κ3) is 3.48. The molecule has 104 valence electrons. The Morgan fingerprint density at radius 1 is 1.53 bits per heavy atom. The van der Waals surface area contributed by atoms with Crippen molar-refractivity contribution in [1.29, 1.82) is 0 Å². The topological polar surface area (TPSA) is 55.8 Å². The monoisotopic (exact) mass is 328 g/mol. The van der Waals surface area contributed by atoms with Crippen LogP contribution in [0.4, 0.5) is 0 Å². The first kappa shape index (κ1) is 14.3. The molecule has 0 heterocycles. The number of hydrogen-bond acceptors (Lipinski definition) is 4. The number of aliphatic hydroxyl groups excluding tert-OH is 1. The van der Waals surface area contributed by atoms with Gasteiger partial charge in [0, 0.05) is 10.0 Å². The SMILES string of the molecule is CCOC(=O)C(O)c1cc(Br)ccc1OC1CCC1. The van der Waals surface area contributed by atoms with E-state index in [-0.39, 0.29) is 12.7 Å². The van der Waals surface area contributed by atoms with Crippen LogP contribution in [0.15, 0.2) is 22.7 Å². The molecule has 1 fully saturated rings. The van der Waals surface area contributed by atoms with Crippen molar-refractivity contribution in [3.8, 4) is 5.75 Å². The second-order valence-corrected chi connectivity index (χ2v) is 5.42. The normalized spacial score (nSPS) is 16.6. The van der Waals surface area contributed by atoms with E-state index < -0.39 is 12.1 Å². The van der Waals surface area contributed by atoms with Crippen LogP contribution in [-0.2, 0) is 9.53 Å². The molecule has 1 aromatic rings. The molecule has 1 aliphatic carbocycles. The van der Waals surface area contributed by atoms with Crippen molar-refractivity contribution in [3.63, 3.8) is 0 Å². The molecule has 0 amide bonds. The van der Waals surface area contributed by atoms with E-state index in [1.54, 1.807) is 19.1 Å². The van der Waals surface area contributed by atoms with Gasteiger partial charge in [-0.3, -0.25) is 0 Å². The highest BCUT2D eigenvalue weighted by molar-refractivity contribution is 9.10. The van der Waals surface area contributed by atoms with Crippen LogP contribution in [0.2, 0.25) is 0 Å². The average Bonchev–Trinajstić information content (AvgIpc) is 2.34. The van der Waals surface area contributed by atoms with Gasteiger partial charge in [-0.05, 0) is 44.4 Å². The summed E-state index contributed by atoms with van der Waals surface area (Å²) in [5.41, 5.74) is 0.444. The first-order chi connectivity index (χ1) is 9.11. The first-order valence-corrected chi connectivity index (χ1v) is 7.22. The van der Waals surface area contributed by atoms with E-state index in [1.807, 2.05) is 6.07 Å². The van der Waals surface area contributed by atoms with Gasteiger partial charge in [0.2, 0.25) is 0 Å². The highest BCUT2D eigenvalue weighted by atomic mass is 79.9. The van der Waals surface area contributed by atoms with Gasteiger partial charge in [-0.1, -0.05) is 15.9 Å². The molecule has 1 unspecified atom stereocenters. The summed E-state index contributed by atoms with van der Waals surface area (Å²) in [5, 5.41) is 10.1. The molecule has 0 radical (unpaired) electrons. The Balaban J connectivity index is 2.20. The summed E-state index contributed by atoms with van der Waals surface area (Å²) in [6.45, 7) is 1.94. The van der Waals surface area contributed by atoms with Crippen LogP contribution < -0.4 is 4.74 Å². The lowest BCUT2D eigenvalue weighted by molar-refractivity contribution is -0.153. The van der Waals surface area contributed by atoms with Crippen LogP contribution in [-0.4, -0.2) is 23.8 Å². The van der Waals surface area contributed by atoms with E-state index in [9.17, 15) is 9.90 Å². The van der Waals surface area contributed by atoms with Gasteiger partial charge < -0.3 is 14.6 Å². The van der Waals surface area contributed by atoms with E-state index in [1.165, 1.54) is 0 Å². The Labute approximate surface area is 120 Å². The Kier molecular flexibility index (Phi) is 4.82. The number of aliphatic hydroxyl groups is 1. The molecule has 1 saturated carbocycles. The maximum absolute atomic E-state index is 11.6. The van der Waals surface area contributed by atoms with Crippen molar-refractivity contribution in [2.24, 2.45) is 0 Å². The van der Waals surface area contributed by atoms with Crippen molar-refractivity contribution in [2.45, 2.75) is 38.4 Å². The number of ether oxygens (including phenoxy) is 2. The fraction of sp³-hybridized carbons (Fsp3) is 0.500. The van der Waals surface area contributed by atoms with Crippen molar-refractivity contribution in [2.75, 3.05) is 6.61 Å². The van der Waals surface area contributed by atoms with Crippen molar-refractivity contribution >= 4 is 21.9 Å². The second kappa shape index (κ2) is 6.39. The smallest absolute Gasteiger partial charge is 0.339 e. The van der Waals surface area contributed by atoms with Crippen molar-refractivity contribution in [3.05, 3.63) is 28.2 Å². The predicted molar refractivity (Wildman–Crippen MR) is 74.0 cm³/mol. The molecule has 5 heteroatoms. The summed E-state index contributed by atoms with van der Waals surface area (Å²) in [4.78, 5) is 11.6. The molecule has 4 nitrogen and oxygen atoms in total. The highest BCUT2D eigenvalue weighted by Gasteiger charge is 2.26. The zero-order chi connectivity index (χ0) is 13.8. The number of esters is 1. The summed E-state index contributed by atoms with van der Waals surface area (Å²) in [6, 6.07) is 5.28. The highest BCUT2D eigenvalue weighted by Crippen LogP contribution is 2.33. The van der Waals surface area contributed by atoms with Crippen molar-refractivity contribution < 1.29 is 19.4 Å². The Morgan fingerprint density at radius 2 is 2.26 bits per heavy atom. The molecule has 1 aromatic carbocycles. The molecule has 0 aliphatic heterocycles. The van der Waals surface area contributed by atoms with Crippen molar-refractivity contribution in [1.82, 2.24) is 0 Å². The lowest BCUT2D eigenvalue weighted by Crippen LogP contribution is -2.26. The number of hydrogen-bond donors (Lipinski definition) is 1. The molecular weight excluding hydrogens is 312 g/mol. The quantitative estimate of drug-likeness (QED) is 0.844. The Hall–Kier alpha value is -1.07. The van der Waals surface area contributed by atoms with Gasteiger partial charge in [-0.15, -0.1) is 0 Å². The van der Waals surface area contributed by atoms with Gasteiger partial charge in [0.05, 0.1) is 12.7 Å². The van der Waals surface area contributed by atoms with Crippen LogP contribution in [0.1, 0.15) is 37.9 Å². The van der Waals surface area contributed by atoms with E-state index in [0.29, 0.717) is 11.3 Å². The fourth-order valence-electron chi connectivity index (χ4n) is 1.86. The van der Waals surface area contributed by atoms with Gasteiger partial charge in [0.1, 0.15) is 5.75 Å². The molecule has 0 spiro atoms. The number of halogens is 1. The zero-order valence-corrected chi connectivity index (χ0v) is 12.4.